The number of fused-ring (bicyclic) bond motifs is 2. The second-order valence-corrected chi connectivity index (χ2v) is 7.79. The second kappa shape index (κ2) is 4.26. The van der Waals surface area contributed by atoms with E-state index in [1.54, 1.807) is 0 Å². The van der Waals surface area contributed by atoms with Gasteiger partial charge in [0.2, 0.25) is 0 Å². The quantitative estimate of drug-likeness (QED) is 0.777. The van der Waals surface area contributed by atoms with Crippen molar-refractivity contribution >= 4 is 0 Å². The highest BCUT2D eigenvalue weighted by Crippen LogP contribution is 2.65. The topological polar surface area (TPSA) is 12.0 Å². The van der Waals surface area contributed by atoms with Gasteiger partial charge in [0.1, 0.15) is 0 Å². The van der Waals surface area contributed by atoms with Crippen LogP contribution in [0.5, 0.6) is 0 Å². The van der Waals surface area contributed by atoms with Gasteiger partial charge in [-0.3, -0.25) is 0 Å². The molecule has 4 unspecified atom stereocenters. The summed E-state index contributed by atoms with van der Waals surface area (Å²) in [5.41, 5.74) is 1.08. The van der Waals surface area contributed by atoms with Crippen molar-refractivity contribution in [2.24, 2.45) is 28.6 Å². The van der Waals surface area contributed by atoms with Gasteiger partial charge in [-0.25, -0.2) is 0 Å². The monoisotopic (exact) mass is 237 g/mol. The minimum atomic E-state index is 0.536. The van der Waals surface area contributed by atoms with Gasteiger partial charge in [0.05, 0.1) is 0 Å². The molecule has 1 heteroatoms. The first kappa shape index (κ1) is 13.4. The zero-order valence-corrected chi connectivity index (χ0v) is 12.6. The molecule has 100 valence electrons. The molecule has 2 rings (SSSR count). The van der Waals surface area contributed by atoms with Gasteiger partial charge < -0.3 is 5.32 Å². The first-order valence-corrected chi connectivity index (χ1v) is 7.52. The molecule has 0 amide bonds. The summed E-state index contributed by atoms with van der Waals surface area (Å²) in [6.45, 7) is 15.8. The number of rotatable bonds is 4. The van der Waals surface area contributed by atoms with Gasteiger partial charge >= 0.3 is 0 Å². The van der Waals surface area contributed by atoms with Crippen LogP contribution in [0.3, 0.4) is 0 Å². The molecule has 2 fully saturated rings. The fourth-order valence-corrected chi connectivity index (χ4v) is 4.08. The Morgan fingerprint density at radius 3 is 2.24 bits per heavy atom. The fourth-order valence-electron chi connectivity index (χ4n) is 4.08. The maximum Gasteiger partial charge on any atom is 0.0129 e. The predicted molar refractivity (Wildman–Crippen MR) is 75.0 cm³/mol. The van der Waals surface area contributed by atoms with E-state index in [0.717, 1.165) is 23.8 Å². The van der Waals surface area contributed by atoms with Crippen LogP contribution in [0.1, 0.15) is 60.8 Å². The summed E-state index contributed by atoms with van der Waals surface area (Å²) in [6.07, 6.45) is 4.30. The molecule has 0 aliphatic heterocycles. The molecular weight excluding hydrogens is 206 g/mol. The molecule has 2 aliphatic rings. The predicted octanol–water partition coefficient (Wildman–Crippen LogP) is 4.08. The molecule has 0 heterocycles. The number of hydrogen-bond acceptors (Lipinski definition) is 1. The first-order valence-electron chi connectivity index (χ1n) is 7.52. The zero-order valence-electron chi connectivity index (χ0n) is 12.6. The summed E-state index contributed by atoms with van der Waals surface area (Å²) >= 11 is 0. The molecule has 4 atom stereocenters. The van der Waals surface area contributed by atoms with Crippen LogP contribution in [-0.4, -0.2) is 12.6 Å². The Balaban J connectivity index is 1.97. The minimum Gasteiger partial charge on any atom is -0.313 e. The first-order chi connectivity index (χ1) is 7.79. The van der Waals surface area contributed by atoms with Crippen molar-refractivity contribution in [3.63, 3.8) is 0 Å². The molecule has 2 bridgehead atoms. The van der Waals surface area contributed by atoms with E-state index in [9.17, 15) is 0 Å². The van der Waals surface area contributed by atoms with E-state index in [1.807, 2.05) is 0 Å². The molecule has 0 spiro atoms. The summed E-state index contributed by atoms with van der Waals surface area (Å²) in [5.74, 6) is 2.54. The van der Waals surface area contributed by atoms with Gasteiger partial charge in [-0.15, -0.1) is 0 Å². The van der Waals surface area contributed by atoms with Crippen molar-refractivity contribution in [1.82, 2.24) is 5.32 Å². The van der Waals surface area contributed by atoms with Gasteiger partial charge in [-0.2, -0.15) is 0 Å². The molecule has 0 aromatic heterocycles. The Morgan fingerprint density at radius 2 is 1.82 bits per heavy atom. The number of hydrogen-bond donors (Lipinski definition) is 1. The third-order valence-electron chi connectivity index (χ3n) is 6.62. The third kappa shape index (κ3) is 1.95. The fraction of sp³-hybridized carbons (Fsp3) is 1.00. The van der Waals surface area contributed by atoms with E-state index in [4.69, 9.17) is 0 Å². The Hall–Kier alpha value is -0.0400. The standard InChI is InChI=1S/C16H31N/c1-11(2)12(3)10-17-14-9-13-7-8-16(14,6)15(13,4)5/h11-14,17H,7-10H2,1-6H3. The van der Waals surface area contributed by atoms with Gasteiger partial charge in [-0.05, 0) is 54.4 Å². The molecule has 1 N–H and O–H groups in total. The van der Waals surface area contributed by atoms with Crippen molar-refractivity contribution in [3.05, 3.63) is 0 Å². The lowest BCUT2D eigenvalue weighted by molar-refractivity contribution is 0.118. The minimum absolute atomic E-state index is 0.536. The Bertz CT molecular complexity index is 281. The molecular formula is C16H31N. The lowest BCUT2D eigenvalue weighted by Gasteiger charge is -2.40. The molecule has 0 aromatic carbocycles. The zero-order chi connectivity index (χ0) is 12.8. The summed E-state index contributed by atoms with van der Waals surface area (Å²) in [7, 11) is 0. The van der Waals surface area contributed by atoms with Gasteiger partial charge in [0.15, 0.2) is 0 Å². The van der Waals surface area contributed by atoms with E-state index >= 15 is 0 Å². The highest BCUT2D eigenvalue weighted by molar-refractivity contribution is 5.12. The van der Waals surface area contributed by atoms with Crippen LogP contribution in [0.25, 0.3) is 0 Å². The molecule has 2 aliphatic carbocycles. The summed E-state index contributed by atoms with van der Waals surface area (Å²) in [5, 5.41) is 3.89. The van der Waals surface area contributed by atoms with E-state index in [-0.39, 0.29) is 0 Å². The lowest BCUT2D eigenvalue weighted by atomic mass is 9.69. The molecule has 1 nitrogen and oxygen atoms in total. The van der Waals surface area contributed by atoms with Crippen LogP contribution in [0, 0.1) is 28.6 Å². The van der Waals surface area contributed by atoms with Gasteiger partial charge in [-0.1, -0.05) is 41.5 Å². The van der Waals surface area contributed by atoms with Crippen LogP contribution in [0.2, 0.25) is 0 Å². The van der Waals surface area contributed by atoms with E-state index in [1.165, 1.54) is 25.8 Å². The largest absolute Gasteiger partial charge is 0.313 e. The third-order valence-corrected chi connectivity index (χ3v) is 6.62. The smallest absolute Gasteiger partial charge is 0.0129 e. The van der Waals surface area contributed by atoms with Crippen LogP contribution < -0.4 is 5.32 Å². The van der Waals surface area contributed by atoms with Crippen molar-refractivity contribution in [2.75, 3.05) is 6.54 Å². The molecule has 17 heavy (non-hydrogen) atoms. The van der Waals surface area contributed by atoms with E-state index in [2.05, 4.69) is 46.9 Å². The van der Waals surface area contributed by atoms with Gasteiger partial charge in [0.25, 0.3) is 0 Å². The normalized spacial score (nSPS) is 41.1. The van der Waals surface area contributed by atoms with Crippen LogP contribution >= 0.6 is 0 Å². The Morgan fingerprint density at radius 1 is 1.18 bits per heavy atom. The van der Waals surface area contributed by atoms with E-state index in [0.29, 0.717) is 10.8 Å². The highest BCUT2D eigenvalue weighted by Gasteiger charge is 2.60. The van der Waals surface area contributed by atoms with E-state index < -0.39 is 0 Å². The van der Waals surface area contributed by atoms with Crippen LogP contribution in [0.4, 0.5) is 0 Å². The lowest BCUT2D eigenvalue weighted by Crippen LogP contribution is -2.46. The summed E-state index contributed by atoms with van der Waals surface area (Å²) < 4.78 is 0. The summed E-state index contributed by atoms with van der Waals surface area (Å²) in [4.78, 5) is 0. The average Bonchev–Trinajstić information content (AvgIpc) is 2.57. The SMILES string of the molecule is CC(C)C(C)CNC1CC2CCC1(C)C2(C)C. The molecule has 0 saturated heterocycles. The summed E-state index contributed by atoms with van der Waals surface area (Å²) in [6, 6.07) is 0.762. The maximum absolute atomic E-state index is 3.89. The van der Waals surface area contributed by atoms with Crippen molar-refractivity contribution < 1.29 is 0 Å². The Kier molecular flexibility index (Phi) is 3.36. The molecule has 0 radical (unpaired) electrons. The second-order valence-electron chi connectivity index (χ2n) is 7.79. The van der Waals surface area contributed by atoms with Crippen molar-refractivity contribution in [3.8, 4) is 0 Å². The van der Waals surface area contributed by atoms with Crippen molar-refractivity contribution in [1.29, 1.82) is 0 Å². The Labute approximate surface area is 108 Å². The highest BCUT2D eigenvalue weighted by atomic mass is 15.0. The van der Waals surface area contributed by atoms with Crippen LogP contribution in [-0.2, 0) is 0 Å². The van der Waals surface area contributed by atoms with Crippen LogP contribution in [0.15, 0.2) is 0 Å². The van der Waals surface area contributed by atoms with Gasteiger partial charge in [0, 0.05) is 6.04 Å². The molecule has 2 saturated carbocycles. The average molecular weight is 237 g/mol. The maximum atomic E-state index is 3.89. The molecule has 0 aromatic rings. The number of nitrogens with one attached hydrogen (secondary N) is 1. The van der Waals surface area contributed by atoms with Crippen molar-refractivity contribution in [2.45, 2.75) is 66.8 Å².